The number of hydrogen-bond donors (Lipinski definition) is 1. The van der Waals surface area contributed by atoms with Gasteiger partial charge in [0.2, 0.25) is 15.9 Å². The van der Waals surface area contributed by atoms with E-state index >= 15 is 0 Å². The van der Waals surface area contributed by atoms with E-state index in [4.69, 9.17) is 0 Å². The van der Waals surface area contributed by atoms with Gasteiger partial charge in [-0.05, 0) is 31.1 Å². The van der Waals surface area contributed by atoms with Crippen molar-refractivity contribution in [1.29, 1.82) is 0 Å². The van der Waals surface area contributed by atoms with Gasteiger partial charge in [-0.1, -0.05) is 20.8 Å². The standard InChI is InChI=1S/C16H27N3O3S2/c1-11(2)14-6-5-12(3)7-8-19(14)15(20)9-13-10-23-16(17-13)18-24(4,21)22/h10-12,14H,5-9H2,1-4H3,(H,17,18)/t12-,14-/m1/s1. The van der Waals surface area contributed by atoms with E-state index in [0.717, 1.165) is 32.1 Å². The number of carbonyl (C=O) groups is 1. The molecule has 2 atom stereocenters. The van der Waals surface area contributed by atoms with Gasteiger partial charge in [0.1, 0.15) is 0 Å². The maximum atomic E-state index is 12.8. The summed E-state index contributed by atoms with van der Waals surface area (Å²) in [6.07, 6.45) is 4.55. The molecule has 1 aromatic heterocycles. The predicted molar refractivity (Wildman–Crippen MR) is 97.6 cm³/mol. The van der Waals surface area contributed by atoms with Crippen molar-refractivity contribution >= 4 is 32.4 Å². The molecule has 0 unspecified atom stereocenters. The van der Waals surface area contributed by atoms with E-state index < -0.39 is 10.0 Å². The van der Waals surface area contributed by atoms with Gasteiger partial charge in [-0.25, -0.2) is 13.4 Å². The minimum atomic E-state index is -3.34. The molecule has 2 heterocycles. The average molecular weight is 374 g/mol. The van der Waals surface area contributed by atoms with Crippen molar-refractivity contribution in [2.45, 2.75) is 52.5 Å². The fraction of sp³-hybridized carbons (Fsp3) is 0.750. The van der Waals surface area contributed by atoms with Crippen LogP contribution < -0.4 is 4.72 Å². The van der Waals surface area contributed by atoms with Crippen LogP contribution in [0.5, 0.6) is 0 Å². The smallest absolute Gasteiger partial charge is 0.231 e. The minimum Gasteiger partial charge on any atom is -0.339 e. The Labute approximate surface area is 148 Å². The molecule has 0 aromatic carbocycles. The normalized spacial score (nSPS) is 22.5. The lowest BCUT2D eigenvalue weighted by Gasteiger charge is -2.33. The molecule has 0 radical (unpaired) electrons. The molecule has 8 heteroatoms. The second-order valence-corrected chi connectivity index (χ2v) is 9.67. The summed E-state index contributed by atoms with van der Waals surface area (Å²) in [5.41, 5.74) is 0.621. The molecule has 0 saturated carbocycles. The van der Waals surface area contributed by atoms with Crippen molar-refractivity contribution in [3.63, 3.8) is 0 Å². The van der Waals surface area contributed by atoms with E-state index in [9.17, 15) is 13.2 Å². The number of anilines is 1. The van der Waals surface area contributed by atoms with Gasteiger partial charge in [0.25, 0.3) is 0 Å². The Morgan fingerprint density at radius 3 is 2.75 bits per heavy atom. The lowest BCUT2D eigenvalue weighted by Crippen LogP contribution is -2.43. The van der Waals surface area contributed by atoms with Crippen molar-refractivity contribution in [3.05, 3.63) is 11.1 Å². The molecule has 0 bridgehead atoms. The summed E-state index contributed by atoms with van der Waals surface area (Å²) in [7, 11) is -3.34. The summed E-state index contributed by atoms with van der Waals surface area (Å²) < 4.78 is 24.8. The molecule has 2 rings (SSSR count). The van der Waals surface area contributed by atoms with Gasteiger partial charge in [-0.3, -0.25) is 9.52 Å². The lowest BCUT2D eigenvalue weighted by molar-refractivity contribution is -0.133. The Morgan fingerprint density at radius 2 is 2.12 bits per heavy atom. The van der Waals surface area contributed by atoms with Gasteiger partial charge < -0.3 is 4.90 Å². The quantitative estimate of drug-likeness (QED) is 0.861. The first-order valence-electron chi connectivity index (χ1n) is 8.37. The van der Waals surface area contributed by atoms with Crippen LogP contribution in [0.4, 0.5) is 5.13 Å². The van der Waals surface area contributed by atoms with Crippen LogP contribution in [0.3, 0.4) is 0 Å². The molecule has 0 aliphatic carbocycles. The summed E-state index contributed by atoms with van der Waals surface area (Å²) in [5.74, 6) is 1.16. The first kappa shape index (κ1) is 19.2. The molecule has 1 aliphatic heterocycles. The number of aromatic nitrogens is 1. The first-order chi connectivity index (χ1) is 11.2. The summed E-state index contributed by atoms with van der Waals surface area (Å²) >= 11 is 1.20. The molecule has 0 spiro atoms. The topological polar surface area (TPSA) is 79.4 Å². The largest absolute Gasteiger partial charge is 0.339 e. The van der Waals surface area contributed by atoms with Crippen LogP contribution in [0.15, 0.2) is 5.38 Å². The van der Waals surface area contributed by atoms with E-state index in [1.54, 1.807) is 5.38 Å². The molecule has 1 aliphatic rings. The van der Waals surface area contributed by atoms with Gasteiger partial charge in [0, 0.05) is 18.0 Å². The predicted octanol–water partition coefficient (Wildman–Crippen LogP) is 2.73. The molecular weight excluding hydrogens is 346 g/mol. The molecule has 1 fully saturated rings. The van der Waals surface area contributed by atoms with Crippen LogP contribution in [-0.2, 0) is 21.2 Å². The third-order valence-corrected chi connectivity index (χ3v) is 5.96. The molecule has 1 amide bonds. The number of nitrogens with one attached hydrogen (secondary N) is 1. The number of amides is 1. The lowest BCUT2D eigenvalue weighted by atomic mass is 9.95. The molecule has 136 valence electrons. The van der Waals surface area contributed by atoms with E-state index in [1.807, 2.05) is 4.90 Å². The summed E-state index contributed by atoms with van der Waals surface area (Å²) in [6, 6.07) is 0.273. The van der Waals surface area contributed by atoms with Crippen LogP contribution in [0.1, 0.15) is 45.7 Å². The maximum Gasteiger partial charge on any atom is 0.231 e. The highest BCUT2D eigenvalue weighted by molar-refractivity contribution is 7.92. The van der Waals surface area contributed by atoms with Gasteiger partial charge in [0.05, 0.1) is 18.4 Å². The zero-order valence-electron chi connectivity index (χ0n) is 14.8. The number of thiazole rings is 1. The van der Waals surface area contributed by atoms with Crippen molar-refractivity contribution in [2.24, 2.45) is 11.8 Å². The van der Waals surface area contributed by atoms with Gasteiger partial charge in [-0.15, -0.1) is 11.3 Å². The monoisotopic (exact) mass is 373 g/mol. The molecule has 24 heavy (non-hydrogen) atoms. The zero-order valence-corrected chi connectivity index (χ0v) is 16.4. The molecule has 6 nitrogen and oxygen atoms in total. The number of nitrogens with zero attached hydrogens (tertiary/aromatic N) is 2. The highest BCUT2D eigenvalue weighted by Crippen LogP contribution is 2.27. The zero-order chi connectivity index (χ0) is 17.9. The molecular formula is C16H27N3O3S2. The third kappa shape index (κ3) is 5.44. The Morgan fingerprint density at radius 1 is 1.42 bits per heavy atom. The number of sulfonamides is 1. The SMILES string of the molecule is CC(C)[C@H]1CC[C@@H](C)CCN1C(=O)Cc1csc(NS(C)(=O)=O)n1. The van der Waals surface area contributed by atoms with Crippen LogP contribution in [0, 0.1) is 11.8 Å². The van der Waals surface area contributed by atoms with E-state index in [1.165, 1.54) is 11.3 Å². The van der Waals surface area contributed by atoms with Crippen molar-refractivity contribution in [1.82, 2.24) is 9.88 Å². The van der Waals surface area contributed by atoms with E-state index in [0.29, 0.717) is 22.7 Å². The van der Waals surface area contributed by atoms with Crippen LogP contribution in [0.25, 0.3) is 0 Å². The van der Waals surface area contributed by atoms with E-state index in [-0.39, 0.29) is 18.4 Å². The summed E-state index contributed by atoms with van der Waals surface area (Å²) in [6.45, 7) is 7.37. The molecule has 1 saturated heterocycles. The van der Waals surface area contributed by atoms with Gasteiger partial charge >= 0.3 is 0 Å². The van der Waals surface area contributed by atoms with Crippen molar-refractivity contribution in [2.75, 3.05) is 17.5 Å². The average Bonchev–Trinajstić information content (AvgIpc) is 2.76. The maximum absolute atomic E-state index is 12.8. The molecule has 1 aromatic rings. The summed E-state index contributed by atoms with van der Waals surface area (Å²) in [4.78, 5) is 19.0. The highest BCUT2D eigenvalue weighted by atomic mass is 32.2. The minimum absolute atomic E-state index is 0.0824. The van der Waals surface area contributed by atoms with Gasteiger partial charge in [0.15, 0.2) is 5.13 Å². The van der Waals surface area contributed by atoms with Crippen LogP contribution in [-0.4, -0.2) is 43.1 Å². The second-order valence-electron chi connectivity index (χ2n) is 7.06. The second kappa shape index (κ2) is 7.82. The summed E-state index contributed by atoms with van der Waals surface area (Å²) in [5, 5.41) is 2.06. The van der Waals surface area contributed by atoms with Crippen molar-refractivity contribution in [3.8, 4) is 0 Å². The molecule has 1 N–H and O–H groups in total. The number of hydrogen-bond acceptors (Lipinski definition) is 5. The Kier molecular flexibility index (Phi) is 6.25. The highest BCUT2D eigenvalue weighted by Gasteiger charge is 2.29. The number of carbonyl (C=O) groups excluding carboxylic acids is 1. The third-order valence-electron chi connectivity index (χ3n) is 4.47. The Hall–Kier alpha value is -1.15. The van der Waals surface area contributed by atoms with E-state index in [2.05, 4.69) is 30.5 Å². The fourth-order valence-corrected chi connectivity index (χ4v) is 4.70. The number of likely N-dealkylation sites (tertiary alicyclic amines) is 1. The first-order valence-corrected chi connectivity index (χ1v) is 11.1. The fourth-order valence-electron chi connectivity index (χ4n) is 3.13. The Bertz CT molecular complexity index is 670. The van der Waals surface area contributed by atoms with Gasteiger partial charge in [-0.2, -0.15) is 0 Å². The number of rotatable bonds is 5. The Balaban J connectivity index is 2.06. The van der Waals surface area contributed by atoms with Crippen LogP contribution in [0.2, 0.25) is 0 Å². The van der Waals surface area contributed by atoms with Crippen molar-refractivity contribution < 1.29 is 13.2 Å². The van der Waals surface area contributed by atoms with Crippen LogP contribution >= 0.6 is 11.3 Å².